The Labute approximate surface area is 183 Å². The summed E-state index contributed by atoms with van der Waals surface area (Å²) < 4.78 is 29.9. The first-order chi connectivity index (χ1) is 14.4. The van der Waals surface area contributed by atoms with Crippen LogP contribution in [-0.4, -0.2) is 18.6 Å². The van der Waals surface area contributed by atoms with Gasteiger partial charge in [0.05, 0.1) is 10.6 Å². The van der Waals surface area contributed by atoms with E-state index < -0.39 is 10.0 Å². The Kier molecular flexibility index (Phi) is 5.79. The van der Waals surface area contributed by atoms with Crippen molar-refractivity contribution in [3.63, 3.8) is 0 Å². The number of rotatable bonds is 5. The number of benzene rings is 2. The molecule has 0 atom stereocenters. The number of halogens is 1. The van der Waals surface area contributed by atoms with Gasteiger partial charge in [0.2, 0.25) is 0 Å². The van der Waals surface area contributed by atoms with Crippen LogP contribution in [0.2, 0.25) is 0 Å². The molecule has 0 saturated carbocycles. The predicted molar refractivity (Wildman–Crippen MR) is 121 cm³/mol. The van der Waals surface area contributed by atoms with Gasteiger partial charge in [0.25, 0.3) is 15.6 Å². The minimum absolute atomic E-state index is 0.150. The maximum Gasteiger partial charge on any atom is 0.267 e. The highest BCUT2D eigenvalue weighted by molar-refractivity contribution is 9.10. The van der Waals surface area contributed by atoms with E-state index in [1.807, 2.05) is 19.1 Å². The molecule has 0 saturated heterocycles. The minimum atomic E-state index is -3.79. The van der Waals surface area contributed by atoms with E-state index in [2.05, 4.69) is 30.8 Å². The molecule has 6 nitrogen and oxygen atoms in total. The monoisotopic (exact) mass is 487 g/mol. The predicted octanol–water partition coefficient (Wildman–Crippen LogP) is 4.44. The van der Waals surface area contributed by atoms with E-state index in [-0.39, 0.29) is 10.5 Å². The molecule has 0 radical (unpaired) electrons. The summed E-state index contributed by atoms with van der Waals surface area (Å²) >= 11 is 3.35. The van der Waals surface area contributed by atoms with E-state index >= 15 is 0 Å². The molecule has 0 bridgehead atoms. The van der Waals surface area contributed by atoms with Gasteiger partial charge < -0.3 is 0 Å². The van der Waals surface area contributed by atoms with Gasteiger partial charge in [-0.1, -0.05) is 35.0 Å². The van der Waals surface area contributed by atoms with E-state index in [0.29, 0.717) is 23.4 Å². The van der Waals surface area contributed by atoms with Gasteiger partial charge in [0.1, 0.15) is 0 Å². The third-order valence-electron chi connectivity index (χ3n) is 5.40. The number of aromatic nitrogens is 2. The lowest BCUT2D eigenvalue weighted by Gasteiger charge is -2.18. The Morgan fingerprint density at radius 1 is 1.07 bits per heavy atom. The molecule has 0 unspecified atom stereocenters. The van der Waals surface area contributed by atoms with Gasteiger partial charge in [-0.05, 0) is 73.6 Å². The molecular weight excluding hydrogens is 466 g/mol. The first-order valence-corrected chi connectivity index (χ1v) is 12.2. The van der Waals surface area contributed by atoms with Gasteiger partial charge in [-0.25, -0.2) is 13.5 Å². The van der Waals surface area contributed by atoms with Crippen LogP contribution in [0.1, 0.15) is 36.5 Å². The summed E-state index contributed by atoms with van der Waals surface area (Å²) in [5, 5.41) is 6.86. The van der Waals surface area contributed by atoms with E-state index in [9.17, 15) is 13.2 Å². The van der Waals surface area contributed by atoms with Crippen LogP contribution in [0, 0.1) is 0 Å². The second kappa shape index (κ2) is 8.35. The number of anilines is 1. The summed E-state index contributed by atoms with van der Waals surface area (Å²) in [6.07, 6.45) is 4.05. The van der Waals surface area contributed by atoms with Gasteiger partial charge in [-0.3, -0.25) is 9.52 Å². The molecule has 1 heterocycles. The Balaban J connectivity index is 1.80. The van der Waals surface area contributed by atoms with E-state index in [1.165, 1.54) is 0 Å². The molecule has 0 fully saturated rings. The van der Waals surface area contributed by atoms with Crippen molar-refractivity contribution < 1.29 is 8.42 Å². The van der Waals surface area contributed by atoms with Crippen LogP contribution in [0.3, 0.4) is 0 Å². The number of sulfonamides is 1. The average Bonchev–Trinajstić information content (AvgIpc) is 2.75. The van der Waals surface area contributed by atoms with Crippen LogP contribution in [0.25, 0.3) is 11.3 Å². The standard InChI is InChI=1S/C22H22BrN3O3S/c1-2-14-7-8-15(21-18-5-3-4-6-19(18)22(27)25-24-21)13-20(14)30(28,29)26-17-11-9-16(23)10-12-17/h7-13,26H,2-6H2,1H3,(H,25,27). The maximum absolute atomic E-state index is 13.2. The molecule has 0 amide bonds. The summed E-state index contributed by atoms with van der Waals surface area (Å²) in [6, 6.07) is 12.3. The van der Waals surface area contributed by atoms with Crippen LogP contribution in [0.5, 0.6) is 0 Å². The van der Waals surface area contributed by atoms with Crippen LogP contribution in [0.4, 0.5) is 5.69 Å². The molecule has 1 aromatic heterocycles. The maximum atomic E-state index is 13.2. The summed E-state index contributed by atoms with van der Waals surface area (Å²) in [6.45, 7) is 1.92. The average molecular weight is 488 g/mol. The van der Waals surface area contributed by atoms with Crippen molar-refractivity contribution in [3.05, 3.63) is 74.0 Å². The molecule has 2 N–H and O–H groups in total. The van der Waals surface area contributed by atoms with Crippen molar-refractivity contribution in [3.8, 4) is 11.3 Å². The highest BCUT2D eigenvalue weighted by atomic mass is 79.9. The molecule has 8 heteroatoms. The van der Waals surface area contributed by atoms with Gasteiger partial charge in [0.15, 0.2) is 0 Å². The largest absolute Gasteiger partial charge is 0.280 e. The fourth-order valence-electron chi connectivity index (χ4n) is 3.87. The summed E-state index contributed by atoms with van der Waals surface area (Å²) in [5.41, 5.74) is 4.11. The summed E-state index contributed by atoms with van der Waals surface area (Å²) in [5.74, 6) is 0. The number of hydrogen-bond acceptors (Lipinski definition) is 4. The second-order valence-corrected chi connectivity index (χ2v) is 9.92. The lowest BCUT2D eigenvalue weighted by atomic mass is 9.89. The number of hydrogen-bond donors (Lipinski definition) is 2. The lowest BCUT2D eigenvalue weighted by molar-refractivity contribution is 0.600. The van der Waals surface area contributed by atoms with Gasteiger partial charge in [0, 0.05) is 21.3 Å². The van der Waals surface area contributed by atoms with Gasteiger partial charge >= 0.3 is 0 Å². The Morgan fingerprint density at radius 2 is 1.77 bits per heavy atom. The molecule has 1 aliphatic rings. The number of fused-ring (bicyclic) bond motifs is 1. The molecule has 1 aliphatic carbocycles. The fraction of sp³-hybridized carbons (Fsp3) is 0.273. The molecule has 156 valence electrons. The zero-order chi connectivity index (χ0) is 21.3. The van der Waals surface area contributed by atoms with Crippen LogP contribution >= 0.6 is 15.9 Å². The number of nitrogens with zero attached hydrogens (tertiary/aromatic N) is 1. The first-order valence-electron chi connectivity index (χ1n) is 9.91. The Hall–Kier alpha value is -2.45. The number of H-pyrrole nitrogens is 1. The van der Waals surface area contributed by atoms with Crippen LogP contribution < -0.4 is 10.3 Å². The fourth-order valence-corrected chi connectivity index (χ4v) is 5.53. The minimum Gasteiger partial charge on any atom is -0.280 e. The van der Waals surface area contributed by atoms with Gasteiger partial charge in [-0.2, -0.15) is 5.10 Å². The SMILES string of the molecule is CCc1ccc(-c2n[nH]c(=O)c3c2CCCC3)cc1S(=O)(=O)Nc1ccc(Br)cc1. The topological polar surface area (TPSA) is 91.9 Å². The highest BCUT2D eigenvalue weighted by Crippen LogP contribution is 2.31. The number of aromatic amines is 1. The van der Waals surface area contributed by atoms with Crippen molar-refractivity contribution >= 4 is 31.6 Å². The molecule has 30 heavy (non-hydrogen) atoms. The molecule has 0 aliphatic heterocycles. The summed E-state index contributed by atoms with van der Waals surface area (Å²) in [4.78, 5) is 12.4. The van der Waals surface area contributed by atoms with Crippen molar-refractivity contribution in [2.75, 3.05) is 4.72 Å². The smallest absolute Gasteiger partial charge is 0.267 e. The normalized spacial score (nSPS) is 13.7. The van der Waals surface area contributed by atoms with Crippen LogP contribution in [-0.2, 0) is 29.3 Å². The number of aryl methyl sites for hydroxylation is 1. The Bertz CT molecular complexity index is 1250. The zero-order valence-electron chi connectivity index (χ0n) is 16.5. The quantitative estimate of drug-likeness (QED) is 0.556. The number of nitrogens with one attached hydrogen (secondary N) is 2. The highest BCUT2D eigenvalue weighted by Gasteiger charge is 2.23. The van der Waals surface area contributed by atoms with Crippen LogP contribution in [0.15, 0.2) is 56.6 Å². The summed E-state index contributed by atoms with van der Waals surface area (Å²) in [7, 11) is -3.79. The van der Waals surface area contributed by atoms with Crippen molar-refractivity contribution in [2.24, 2.45) is 0 Å². The molecule has 3 aromatic rings. The second-order valence-electron chi connectivity index (χ2n) is 7.35. The lowest BCUT2D eigenvalue weighted by Crippen LogP contribution is -2.21. The third-order valence-corrected chi connectivity index (χ3v) is 7.40. The van der Waals surface area contributed by atoms with Crippen molar-refractivity contribution in [1.82, 2.24) is 10.2 Å². The van der Waals surface area contributed by atoms with Gasteiger partial charge in [-0.15, -0.1) is 0 Å². The molecule has 4 rings (SSSR count). The van der Waals surface area contributed by atoms with E-state index in [0.717, 1.165) is 46.8 Å². The third kappa shape index (κ3) is 4.06. The molecule has 0 spiro atoms. The first kappa shape index (κ1) is 20.8. The zero-order valence-corrected chi connectivity index (χ0v) is 18.9. The van der Waals surface area contributed by atoms with E-state index in [4.69, 9.17) is 0 Å². The Morgan fingerprint density at radius 3 is 2.47 bits per heavy atom. The van der Waals surface area contributed by atoms with Crippen molar-refractivity contribution in [2.45, 2.75) is 43.9 Å². The van der Waals surface area contributed by atoms with E-state index in [1.54, 1.807) is 30.3 Å². The van der Waals surface area contributed by atoms with Crippen molar-refractivity contribution in [1.29, 1.82) is 0 Å². The molecular formula is C22H22BrN3O3S. The molecule has 2 aromatic carbocycles.